The van der Waals surface area contributed by atoms with Crippen molar-refractivity contribution in [1.82, 2.24) is 0 Å². The van der Waals surface area contributed by atoms with E-state index in [2.05, 4.69) is 0 Å². The molecule has 0 spiro atoms. The second-order valence-corrected chi connectivity index (χ2v) is 4.34. The highest BCUT2D eigenvalue weighted by Gasteiger charge is 2.48. The summed E-state index contributed by atoms with van der Waals surface area (Å²) in [6.45, 7) is 2.31. The molecular formula is C12H20O8. The average molecular weight is 292 g/mol. The number of esters is 2. The van der Waals surface area contributed by atoms with Crippen molar-refractivity contribution in [2.24, 2.45) is 0 Å². The molecule has 20 heavy (non-hydrogen) atoms. The van der Waals surface area contributed by atoms with Crippen molar-refractivity contribution in [3.8, 4) is 0 Å². The summed E-state index contributed by atoms with van der Waals surface area (Å²) >= 11 is 0. The Labute approximate surface area is 116 Å². The predicted molar refractivity (Wildman–Crippen MR) is 64.7 cm³/mol. The lowest BCUT2D eigenvalue weighted by molar-refractivity contribution is -0.298. The highest BCUT2D eigenvalue weighted by atomic mass is 16.7. The molecule has 116 valence electrons. The number of aliphatic hydroxyl groups is 1. The number of hydrogen-bond acceptors (Lipinski definition) is 8. The highest BCUT2D eigenvalue weighted by Crippen LogP contribution is 2.26. The SMILES string of the molecule is COC1C(O)OC(COC(C)=O)C(OC(C)=O)C1OC. The van der Waals surface area contributed by atoms with Gasteiger partial charge >= 0.3 is 11.9 Å². The summed E-state index contributed by atoms with van der Waals surface area (Å²) in [5.41, 5.74) is 0. The Morgan fingerprint density at radius 3 is 2.10 bits per heavy atom. The maximum atomic E-state index is 11.2. The third-order valence-corrected chi connectivity index (χ3v) is 2.91. The Balaban J connectivity index is 2.89. The van der Waals surface area contributed by atoms with Gasteiger partial charge in [-0.3, -0.25) is 9.59 Å². The van der Waals surface area contributed by atoms with Crippen LogP contribution in [0.15, 0.2) is 0 Å². The summed E-state index contributed by atoms with van der Waals surface area (Å²) in [5, 5.41) is 9.85. The fourth-order valence-electron chi connectivity index (χ4n) is 2.08. The molecule has 1 N–H and O–H groups in total. The summed E-state index contributed by atoms with van der Waals surface area (Å²) in [6.07, 6.45) is -4.54. The van der Waals surface area contributed by atoms with E-state index in [0.29, 0.717) is 0 Å². The molecule has 1 aliphatic heterocycles. The molecule has 1 heterocycles. The number of aliphatic hydroxyl groups excluding tert-OH is 1. The van der Waals surface area contributed by atoms with E-state index in [4.69, 9.17) is 23.7 Å². The van der Waals surface area contributed by atoms with Crippen LogP contribution in [-0.4, -0.2) is 68.6 Å². The minimum atomic E-state index is -1.28. The summed E-state index contributed by atoms with van der Waals surface area (Å²) in [5.74, 6) is -1.05. The van der Waals surface area contributed by atoms with Gasteiger partial charge < -0.3 is 28.8 Å². The van der Waals surface area contributed by atoms with Crippen molar-refractivity contribution >= 4 is 11.9 Å². The van der Waals surface area contributed by atoms with Crippen LogP contribution in [-0.2, 0) is 33.3 Å². The van der Waals surface area contributed by atoms with Gasteiger partial charge in [-0.2, -0.15) is 0 Å². The molecule has 8 nitrogen and oxygen atoms in total. The monoisotopic (exact) mass is 292 g/mol. The molecule has 5 unspecified atom stereocenters. The quantitative estimate of drug-likeness (QED) is 0.659. The van der Waals surface area contributed by atoms with Gasteiger partial charge in [-0.25, -0.2) is 0 Å². The van der Waals surface area contributed by atoms with Crippen LogP contribution in [0.1, 0.15) is 13.8 Å². The number of carbonyl (C=O) groups is 2. The minimum absolute atomic E-state index is 0.166. The standard InChI is InChI=1S/C12H20O8/c1-6(13)18-5-8-9(19-7(2)14)10(16-3)11(17-4)12(15)20-8/h8-12,15H,5H2,1-4H3. The van der Waals surface area contributed by atoms with Crippen LogP contribution >= 0.6 is 0 Å². The van der Waals surface area contributed by atoms with Crippen molar-refractivity contribution < 1.29 is 38.4 Å². The molecule has 0 radical (unpaired) electrons. The molecule has 0 aromatic carbocycles. The van der Waals surface area contributed by atoms with Gasteiger partial charge in [-0.1, -0.05) is 0 Å². The Bertz CT molecular complexity index is 344. The molecule has 0 aromatic rings. The third-order valence-electron chi connectivity index (χ3n) is 2.91. The molecule has 0 amide bonds. The van der Waals surface area contributed by atoms with Crippen LogP contribution < -0.4 is 0 Å². The van der Waals surface area contributed by atoms with E-state index in [-0.39, 0.29) is 6.61 Å². The van der Waals surface area contributed by atoms with E-state index in [9.17, 15) is 14.7 Å². The number of carbonyl (C=O) groups excluding carboxylic acids is 2. The lowest BCUT2D eigenvalue weighted by atomic mass is 9.98. The van der Waals surface area contributed by atoms with Gasteiger partial charge in [0.2, 0.25) is 0 Å². The molecule has 8 heteroatoms. The first-order chi connectivity index (χ1) is 9.40. The second-order valence-electron chi connectivity index (χ2n) is 4.34. The van der Waals surface area contributed by atoms with E-state index < -0.39 is 42.6 Å². The third kappa shape index (κ3) is 4.14. The van der Waals surface area contributed by atoms with Crippen molar-refractivity contribution in [3.05, 3.63) is 0 Å². The Hall–Kier alpha value is -1.22. The van der Waals surface area contributed by atoms with Crippen LogP contribution in [0, 0.1) is 0 Å². The Morgan fingerprint density at radius 2 is 1.65 bits per heavy atom. The zero-order valence-electron chi connectivity index (χ0n) is 11.9. The van der Waals surface area contributed by atoms with E-state index in [0.717, 1.165) is 0 Å². The van der Waals surface area contributed by atoms with Crippen LogP contribution in [0.25, 0.3) is 0 Å². The van der Waals surface area contributed by atoms with Gasteiger partial charge in [-0.15, -0.1) is 0 Å². The summed E-state index contributed by atoms with van der Waals surface area (Å²) in [4.78, 5) is 22.1. The molecular weight excluding hydrogens is 272 g/mol. The smallest absolute Gasteiger partial charge is 0.303 e. The van der Waals surface area contributed by atoms with E-state index in [1.807, 2.05) is 0 Å². The minimum Gasteiger partial charge on any atom is -0.463 e. The van der Waals surface area contributed by atoms with Crippen molar-refractivity contribution in [1.29, 1.82) is 0 Å². The van der Waals surface area contributed by atoms with Crippen LogP contribution in [0.2, 0.25) is 0 Å². The first-order valence-electron chi connectivity index (χ1n) is 6.10. The number of ether oxygens (including phenoxy) is 5. The zero-order chi connectivity index (χ0) is 15.3. The van der Waals surface area contributed by atoms with Gasteiger partial charge in [0.05, 0.1) is 0 Å². The molecule has 0 bridgehead atoms. The lowest BCUT2D eigenvalue weighted by Crippen LogP contribution is -2.61. The first-order valence-corrected chi connectivity index (χ1v) is 6.10. The normalized spacial score (nSPS) is 33.5. The number of rotatable bonds is 5. The molecule has 1 aliphatic rings. The first kappa shape index (κ1) is 16.8. The number of hydrogen-bond donors (Lipinski definition) is 1. The molecule has 0 saturated carbocycles. The van der Waals surface area contributed by atoms with Crippen LogP contribution in [0.5, 0.6) is 0 Å². The maximum Gasteiger partial charge on any atom is 0.303 e. The average Bonchev–Trinajstić information content (AvgIpc) is 2.37. The van der Waals surface area contributed by atoms with Gasteiger partial charge in [0.15, 0.2) is 12.4 Å². The predicted octanol–water partition coefficient (Wildman–Crippen LogP) is -0.772. The molecule has 0 aliphatic carbocycles. The van der Waals surface area contributed by atoms with Gasteiger partial charge in [-0.05, 0) is 0 Å². The van der Waals surface area contributed by atoms with Crippen molar-refractivity contribution in [3.63, 3.8) is 0 Å². The van der Waals surface area contributed by atoms with Crippen LogP contribution in [0.3, 0.4) is 0 Å². The van der Waals surface area contributed by atoms with Crippen molar-refractivity contribution in [2.75, 3.05) is 20.8 Å². The highest BCUT2D eigenvalue weighted by molar-refractivity contribution is 5.66. The van der Waals surface area contributed by atoms with Gasteiger partial charge in [0, 0.05) is 28.1 Å². The van der Waals surface area contributed by atoms with E-state index in [1.54, 1.807) is 0 Å². The molecule has 1 fully saturated rings. The zero-order valence-corrected chi connectivity index (χ0v) is 11.9. The topological polar surface area (TPSA) is 101 Å². The molecule has 0 aromatic heterocycles. The summed E-state index contributed by atoms with van der Waals surface area (Å²) < 4.78 is 25.6. The number of methoxy groups -OCH3 is 2. The lowest BCUT2D eigenvalue weighted by Gasteiger charge is -2.42. The molecule has 5 atom stereocenters. The molecule has 1 rings (SSSR count). The summed E-state index contributed by atoms with van der Waals surface area (Å²) in [6, 6.07) is 0. The van der Waals surface area contributed by atoms with Crippen LogP contribution in [0.4, 0.5) is 0 Å². The van der Waals surface area contributed by atoms with E-state index >= 15 is 0 Å². The Morgan fingerprint density at radius 1 is 1.05 bits per heavy atom. The largest absolute Gasteiger partial charge is 0.463 e. The van der Waals surface area contributed by atoms with E-state index in [1.165, 1.54) is 28.1 Å². The second kappa shape index (κ2) is 7.53. The maximum absolute atomic E-state index is 11.2. The fraction of sp³-hybridized carbons (Fsp3) is 0.833. The summed E-state index contributed by atoms with van der Waals surface area (Å²) in [7, 11) is 2.77. The van der Waals surface area contributed by atoms with Gasteiger partial charge in [0.25, 0.3) is 0 Å². The molecule has 1 saturated heterocycles. The Kier molecular flexibility index (Phi) is 6.34. The van der Waals surface area contributed by atoms with Gasteiger partial charge in [0.1, 0.15) is 24.9 Å². The van der Waals surface area contributed by atoms with Crippen molar-refractivity contribution in [2.45, 2.75) is 44.6 Å². The fourth-order valence-corrected chi connectivity index (χ4v) is 2.08.